The summed E-state index contributed by atoms with van der Waals surface area (Å²) in [7, 11) is 0. The highest BCUT2D eigenvalue weighted by Gasteiger charge is 2.32. The maximum Gasteiger partial charge on any atom is 0.410 e. The van der Waals surface area contributed by atoms with Crippen LogP contribution in [0.15, 0.2) is 23.0 Å². The molecule has 4 heteroatoms. The SMILES string of the molecule is C[C@H]1CN(C(=O)OC(C)(C)C)CC[C@@H]1c1ccoc1. The van der Waals surface area contributed by atoms with Gasteiger partial charge in [-0.15, -0.1) is 0 Å². The van der Waals surface area contributed by atoms with Gasteiger partial charge in [-0.3, -0.25) is 0 Å². The van der Waals surface area contributed by atoms with Gasteiger partial charge in [0.1, 0.15) is 5.60 Å². The van der Waals surface area contributed by atoms with E-state index in [1.54, 1.807) is 6.26 Å². The van der Waals surface area contributed by atoms with Crippen LogP contribution < -0.4 is 0 Å². The van der Waals surface area contributed by atoms with Crippen molar-refractivity contribution in [2.24, 2.45) is 5.92 Å². The van der Waals surface area contributed by atoms with Gasteiger partial charge in [0.15, 0.2) is 0 Å². The van der Waals surface area contributed by atoms with Crippen LogP contribution in [0.1, 0.15) is 45.6 Å². The Labute approximate surface area is 114 Å². The van der Waals surface area contributed by atoms with Crippen LogP contribution in [0, 0.1) is 5.92 Å². The van der Waals surface area contributed by atoms with Gasteiger partial charge in [0.2, 0.25) is 0 Å². The number of rotatable bonds is 1. The summed E-state index contributed by atoms with van der Waals surface area (Å²) >= 11 is 0. The van der Waals surface area contributed by atoms with Crippen molar-refractivity contribution >= 4 is 6.09 Å². The largest absolute Gasteiger partial charge is 0.472 e. The minimum atomic E-state index is -0.429. The number of nitrogens with zero attached hydrogens (tertiary/aromatic N) is 1. The first-order valence-electron chi connectivity index (χ1n) is 6.87. The van der Waals surface area contributed by atoms with Crippen LogP contribution in [-0.4, -0.2) is 29.7 Å². The molecule has 0 bridgehead atoms. The molecule has 0 radical (unpaired) electrons. The molecule has 106 valence electrons. The van der Waals surface area contributed by atoms with E-state index in [2.05, 4.69) is 6.92 Å². The average molecular weight is 265 g/mol. The van der Waals surface area contributed by atoms with Crippen LogP contribution >= 0.6 is 0 Å². The fourth-order valence-electron chi connectivity index (χ4n) is 2.62. The number of furan rings is 1. The molecule has 19 heavy (non-hydrogen) atoms. The Morgan fingerprint density at radius 3 is 2.74 bits per heavy atom. The molecule has 1 aromatic rings. The highest BCUT2D eigenvalue weighted by atomic mass is 16.6. The van der Waals surface area contributed by atoms with E-state index >= 15 is 0 Å². The Morgan fingerprint density at radius 1 is 1.47 bits per heavy atom. The second-order valence-electron chi connectivity index (χ2n) is 6.36. The van der Waals surface area contributed by atoms with Crippen LogP contribution in [0.25, 0.3) is 0 Å². The van der Waals surface area contributed by atoms with Crippen LogP contribution in [0.3, 0.4) is 0 Å². The summed E-state index contributed by atoms with van der Waals surface area (Å²) in [5.74, 6) is 0.885. The summed E-state index contributed by atoms with van der Waals surface area (Å²) in [6.07, 6.45) is 4.28. The second-order valence-corrected chi connectivity index (χ2v) is 6.36. The molecular formula is C15H23NO3. The highest BCUT2D eigenvalue weighted by molar-refractivity contribution is 5.68. The predicted molar refractivity (Wildman–Crippen MR) is 73.0 cm³/mol. The summed E-state index contributed by atoms with van der Waals surface area (Å²) < 4.78 is 10.6. The first kappa shape index (κ1) is 14.0. The summed E-state index contributed by atoms with van der Waals surface area (Å²) in [5, 5.41) is 0. The third-order valence-corrected chi connectivity index (χ3v) is 3.53. The fourth-order valence-corrected chi connectivity index (χ4v) is 2.62. The molecule has 2 heterocycles. The number of hydrogen-bond acceptors (Lipinski definition) is 3. The minimum absolute atomic E-state index is 0.204. The molecule has 0 aliphatic carbocycles. The normalized spacial score (nSPS) is 24.3. The molecule has 2 rings (SSSR count). The molecule has 0 spiro atoms. The van der Waals surface area contributed by atoms with Crippen LogP contribution in [0.5, 0.6) is 0 Å². The number of amides is 1. The molecule has 0 unspecified atom stereocenters. The van der Waals surface area contributed by atoms with Gasteiger partial charge < -0.3 is 14.1 Å². The van der Waals surface area contributed by atoms with Gasteiger partial charge in [-0.25, -0.2) is 4.79 Å². The van der Waals surface area contributed by atoms with Gasteiger partial charge in [-0.1, -0.05) is 6.92 Å². The van der Waals surface area contributed by atoms with E-state index in [0.29, 0.717) is 11.8 Å². The van der Waals surface area contributed by atoms with Crippen molar-refractivity contribution in [3.05, 3.63) is 24.2 Å². The van der Waals surface area contributed by atoms with Crippen LogP contribution in [0.2, 0.25) is 0 Å². The molecule has 0 N–H and O–H groups in total. The molecule has 1 aromatic heterocycles. The monoisotopic (exact) mass is 265 g/mol. The van der Waals surface area contributed by atoms with Gasteiger partial charge in [0.05, 0.1) is 12.5 Å². The maximum atomic E-state index is 12.0. The number of carbonyl (C=O) groups excluding carboxylic acids is 1. The Morgan fingerprint density at radius 2 is 2.21 bits per heavy atom. The van der Waals surface area contributed by atoms with Crippen molar-refractivity contribution < 1.29 is 13.9 Å². The Bertz CT molecular complexity index is 419. The van der Waals surface area contributed by atoms with Crippen molar-refractivity contribution in [3.63, 3.8) is 0 Å². The third kappa shape index (κ3) is 3.52. The van der Waals surface area contributed by atoms with E-state index in [9.17, 15) is 4.79 Å². The Kier molecular flexibility index (Phi) is 3.88. The Balaban J connectivity index is 1.95. The topological polar surface area (TPSA) is 42.7 Å². The molecule has 2 atom stereocenters. The summed E-state index contributed by atoms with van der Waals surface area (Å²) in [5.41, 5.74) is 0.804. The number of carbonyl (C=O) groups is 1. The quantitative estimate of drug-likeness (QED) is 0.778. The smallest absolute Gasteiger partial charge is 0.410 e. The van der Waals surface area contributed by atoms with E-state index in [0.717, 1.165) is 19.5 Å². The number of hydrogen-bond donors (Lipinski definition) is 0. The fraction of sp³-hybridized carbons (Fsp3) is 0.667. The lowest BCUT2D eigenvalue weighted by molar-refractivity contribution is 0.0155. The molecular weight excluding hydrogens is 242 g/mol. The summed E-state index contributed by atoms with van der Waals surface area (Å²) in [6.45, 7) is 9.35. The third-order valence-electron chi connectivity index (χ3n) is 3.53. The minimum Gasteiger partial charge on any atom is -0.472 e. The van der Waals surface area contributed by atoms with E-state index < -0.39 is 5.60 Å². The van der Waals surface area contributed by atoms with E-state index in [1.165, 1.54) is 5.56 Å². The molecule has 4 nitrogen and oxygen atoms in total. The molecule has 0 aromatic carbocycles. The number of piperidine rings is 1. The average Bonchev–Trinajstić information content (AvgIpc) is 2.79. The van der Waals surface area contributed by atoms with Crippen molar-refractivity contribution in [2.45, 2.75) is 45.6 Å². The molecule has 1 saturated heterocycles. The van der Waals surface area contributed by atoms with Crippen molar-refractivity contribution in [1.82, 2.24) is 4.90 Å². The van der Waals surface area contributed by atoms with Gasteiger partial charge in [-0.2, -0.15) is 0 Å². The maximum absolute atomic E-state index is 12.0. The van der Waals surface area contributed by atoms with Crippen molar-refractivity contribution in [2.75, 3.05) is 13.1 Å². The van der Waals surface area contributed by atoms with Crippen LogP contribution in [-0.2, 0) is 4.74 Å². The molecule has 1 aliphatic heterocycles. The number of ether oxygens (including phenoxy) is 1. The standard InChI is InChI=1S/C15H23NO3/c1-11-9-16(14(17)19-15(2,3)4)7-5-13(11)12-6-8-18-10-12/h6,8,10-11,13H,5,7,9H2,1-4H3/t11-,13-/m0/s1. The van der Waals surface area contributed by atoms with E-state index in [1.807, 2.05) is 38.0 Å². The molecule has 0 saturated carbocycles. The first-order chi connectivity index (χ1) is 8.87. The summed E-state index contributed by atoms with van der Waals surface area (Å²) in [6, 6.07) is 2.02. The van der Waals surface area contributed by atoms with E-state index in [4.69, 9.17) is 9.15 Å². The van der Waals surface area contributed by atoms with Crippen molar-refractivity contribution in [1.29, 1.82) is 0 Å². The lowest BCUT2D eigenvalue weighted by Crippen LogP contribution is -2.44. The van der Waals surface area contributed by atoms with Gasteiger partial charge >= 0.3 is 6.09 Å². The second kappa shape index (κ2) is 5.27. The van der Waals surface area contributed by atoms with Gasteiger partial charge in [0.25, 0.3) is 0 Å². The zero-order valence-electron chi connectivity index (χ0n) is 12.2. The van der Waals surface area contributed by atoms with E-state index in [-0.39, 0.29) is 6.09 Å². The predicted octanol–water partition coefficient (Wildman–Crippen LogP) is 3.64. The zero-order valence-corrected chi connectivity index (χ0v) is 12.2. The number of likely N-dealkylation sites (tertiary alicyclic amines) is 1. The lowest BCUT2D eigenvalue weighted by atomic mass is 9.83. The van der Waals surface area contributed by atoms with Crippen molar-refractivity contribution in [3.8, 4) is 0 Å². The van der Waals surface area contributed by atoms with Gasteiger partial charge in [0, 0.05) is 13.1 Å². The highest BCUT2D eigenvalue weighted by Crippen LogP contribution is 2.33. The first-order valence-corrected chi connectivity index (χ1v) is 6.87. The zero-order chi connectivity index (χ0) is 14.0. The lowest BCUT2D eigenvalue weighted by Gasteiger charge is -2.37. The Hall–Kier alpha value is -1.45. The van der Waals surface area contributed by atoms with Crippen LogP contribution in [0.4, 0.5) is 4.79 Å². The molecule has 1 fully saturated rings. The molecule has 1 amide bonds. The molecule has 1 aliphatic rings. The summed E-state index contributed by atoms with van der Waals surface area (Å²) in [4.78, 5) is 13.8. The van der Waals surface area contributed by atoms with Gasteiger partial charge in [-0.05, 0) is 50.7 Å².